The Morgan fingerprint density at radius 2 is 1.72 bits per heavy atom. The van der Waals surface area contributed by atoms with Crippen molar-refractivity contribution in [1.29, 1.82) is 0 Å². The van der Waals surface area contributed by atoms with Crippen LogP contribution in [0, 0.1) is 5.82 Å². The number of amides is 1. The van der Waals surface area contributed by atoms with Crippen LogP contribution in [0.4, 0.5) is 9.18 Å². The first-order chi connectivity index (χ1) is 17.7. The number of fused-ring (bicyclic) bond motifs is 5. The first-order valence-corrected chi connectivity index (χ1v) is 12.5. The largest absolute Gasteiger partial charge is 0.493 e. The second-order valence-electron chi connectivity index (χ2n) is 9.41. The molecule has 1 aliphatic carbocycles. The van der Waals surface area contributed by atoms with E-state index in [2.05, 4.69) is 24.3 Å². The molecular formula is C30H28FNO4. The van der Waals surface area contributed by atoms with Crippen molar-refractivity contribution in [2.24, 2.45) is 0 Å². The number of morpholine rings is 1. The van der Waals surface area contributed by atoms with Crippen molar-refractivity contribution >= 4 is 11.7 Å². The van der Waals surface area contributed by atoms with Crippen LogP contribution in [-0.4, -0.2) is 49.5 Å². The van der Waals surface area contributed by atoms with Gasteiger partial charge < -0.3 is 14.2 Å². The molecule has 0 radical (unpaired) electrons. The number of hydrogen-bond donors (Lipinski definition) is 0. The van der Waals surface area contributed by atoms with Gasteiger partial charge in [0.2, 0.25) is 0 Å². The highest BCUT2D eigenvalue weighted by molar-refractivity contribution is 5.80. The molecule has 3 aliphatic rings. The number of benzene rings is 3. The van der Waals surface area contributed by atoms with E-state index in [0.717, 1.165) is 5.57 Å². The SMILES string of the molecule is CCOc1cccc(F)c1C1=CC2COCC(C1)N2C(=O)OCC1c2ccccc2-c2ccccc21. The molecule has 3 aromatic rings. The molecule has 3 aromatic carbocycles. The summed E-state index contributed by atoms with van der Waals surface area (Å²) >= 11 is 0. The van der Waals surface area contributed by atoms with Crippen LogP contribution >= 0.6 is 0 Å². The molecule has 6 rings (SSSR count). The molecule has 2 atom stereocenters. The fourth-order valence-electron chi connectivity index (χ4n) is 5.83. The number of nitrogens with zero attached hydrogens (tertiary/aromatic N) is 1. The van der Waals surface area contributed by atoms with Crippen LogP contribution in [0.3, 0.4) is 0 Å². The Morgan fingerprint density at radius 3 is 2.42 bits per heavy atom. The molecule has 2 aliphatic heterocycles. The highest BCUT2D eigenvalue weighted by Crippen LogP contribution is 2.45. The Balaban J connectivity index is 1.24. The molecule has 1 amide bonds. The summed E-state index contributed by atoms with van der Waals surface area (Å²) in [6.07, 6.45) is 2.05. The molecule has 2 unspecified atom stereocenters. The zero-order chi connectivity index (χ0) is 24.6. The lowest BCUT2D eigenvalue weighted by Crippen LogP contribution is -2.56. The quantitative estimate of drug-likeness (QED) is 0.443. The zero-order valence-corrected chi connectivity index (χ0v) is 20.2. The highest BCUT2D eigenvalue weighted by atomic mass is 19.1. The van der Waals surface area contributed by atoms with E-state index in [0.29, 0.717) is 37.6 Å². The minimum atomic E-state index is -0.357. The average molecular weight is 486 g/mol. The standard InChI is InChI=1S/C30H28FNO4/c1-2-35-28-13-7-12-27(31)29(28)19-14-20-16-34-17-21(15-19)32(20)30(33)36-18-26-24-10-5-3-8-22(24)23-9-4-6-11-25(23)26/h3-14,20-21,26H,2,15-18H2,1H3. The van der Waals surface area contributed by atoms with Crippen molar-refractivity contribution in [3.05, 3.63) is 95.3 Å². The van der Waals surface area contributed by atoms with Gasteiger partial charge in [0.25, 0.3) is 0 Å². The van der Waals surface area contributed by atoms with Gasteiger partial charge in [-0.1, -0.05) is 60.7 Å². The van der Waals surface area contributed by atoms with Gasteiger partial charge in [-0.2, -0.15) is 0 Å². The molecule has 1 saturated heterocycles. The van der Waals surface area contributed by atoms with Crippen LogP contribution < -0.4 is 4.74 Å². The van der Waals surface area contributed by atoms with Gasteiger partial charge in [0.15, 0.2) is 0 Å². The summed E-state index contributed by atoms with van der Waals surface area (Å²) in [4.78, 5) is 15.2. The van der Waals surface area contributed by atoms with Crippen LogP contribution in [0.1, 0.15) is 36.0 Å². The summed E-state index contributed by atoms with van der Waals surface area (Å²) in [7, 11) is 0. The second-order valence-corrected chi connectivity index (χ2v) is 9.41. The summed E-state index contributed by atoms with van der Waals surface area (Å²) < 4.78 is 32.3. The van der Waals surface area contributed by atoms with Crippen LogP contribution in [0.15, 0.2) is 72.8 Å². The number of halogens is 1. The molecular weight excluding hydrogens is 457 g/mol. The Labute approximate surface area is 210 Å². The third kappa shape index (κ3) is 3.86. The normalized spacial score (nSPS) is 20.4. The van der Waals surface area contributed by atoms with Gasteiger partial charge in [0.1, 0.15) is 18.2 Å². The Bertz CT molecular complexity index is 1290. The smallest absolute Gasteiger partial charge is 0.410 e. The lowest BCUT2D eigenvalue weighted by molar-refractivity contribution is -0.0332. The van der Waals surface area contributed by atoms with E-state index in [1.54, 1.807) is 17.0 Å². The van der Waals surface area contributed by atoms with Gasteiger partial charge in [-0.25, -0.2) is 9.18 Å². The molecule has 5 nitrogen and oxygen atoms in total. The number of carbonyl (C=O) groups excluding carboxylic acids is 1. The van der Waals surface area contributed by atoms with Crippen molar-refractivity contribution in [2.45, 2.75) is 31.3 Å². The molecule has 2 heterocycles. The van der Waals surface area contributed by atoms with Gasteiger partial charge in [0, 0.05) is 5.92 Å². The monoisotopic (exact) mass is 485 g/mol. The highest BCUT2D eigenvalue weighted by Gasteiger charge is 2.40. The number of hydrogen-bond acceptors (Lipinski definition) is 4. The van der Waals surface area contributed by atoms with Crippen LogP contribution in [0.25, 0.3) is 16.7 Å². The fraction of sp³-hybridized carbons (Fsp3) is 0.300. The average Bonchev–Trinajstić information content (AvgIpc) is 3.20. The Kier molecular flexibility index (Phi) is 5.97. The maximum Gasteiger partial charge on any atom is 0.410 e. The summed E-state index contributed by atoms with van der Waals surface area (Å²) in [6.45, 7) is 3.33. The molecule has 0 spiro atoms. The maximum absolute atomic E-state index is 14.9. The summed E-state index contributed by atoms with van der Waals surface area (Å²) in [5, 5.41) is 0. The predicted molar refractivity (Wildman–Crippen MR) is 135 cm³/mol. The number of carbonyl (C=O) groups is 1. The molecule has 0 saturated carbocycles. The van der Waals surface area contributed by atoms with Gasteiger partial charge in [-0.3, -0.25) is 4.90 Å². The van der Waals surface area contributed by atoms with Crippen molar-refractivity contribution in [3.63, 3.8) is 0 Å². The van der Waals surface area contributed by atoms with Gasteiger partial charge in [-0.05, 0) is 53.3 Å². The van der Waals surface area contributed by atoms with Crippen molar-refractivity contribution < 1.29 is 23.4 Å². The minimum Gasteiger partial charge on any atom is -0.493 e. The summed E-state index contributed by atoms with van der Waals surface area (Å²) in [5.74, 6) is 0.207. The van der Waals surface area contributed by atoms with E-state index in [1.807, 2.05) is 37.3 Å². The second kappa shape index (κ2) is 9.43. The van der Waals surface area contributed by atoms with E-state index < -0.39 is 0 Å². The summed E-state index contributed by atoms with van der Waals surface area (Å²) in [5.41, 5.74) is 6.07. The fourth-order valence-corrected chi connectivity index (χ4v) is 5.83. The lowest BCUT2D eigenvalue weighted by atomic mass is 9.89. The van der Waals surface area contributed by atoms with Crippen molar-refractivity contribution in [1.82, 2.24) is 4.90 Å². The summed E-state index contributed by atoms with van der Waals surface area (Å²) in [6, 6.07) is 20.9. The minimum absolute atomic E-state index is 0.000463. The molecule has 36 heavy (non-hydrogen) atoms. The maximum atomic E-state index is 14.9. The topological polar surface area (TPSA) is 48.0 Å². The molecule has 1 fully saturated rings. The van der Waals surface area contributed by atoms with Crippen LogP contribution in [0.5, 0.6) is 5.75 Å². The predicted octanol–water partition coefficient (Wildman–Crippen LogP) is 6.03. The van der Waals surface area contributed by atoms with Crippen molar-refractivity contribution in [3.8, 4) is 16.9 Å². The van der Waals surface area contributed by atoms with Gasteiger partial charge >= 0.3 is 6.09 Å². The van der Waals surface area contributed by atoms with Gasteiger partial charge in [0.05, 0.1) is 37.5 Å². The Hall–Kier alpha value is -3.64. The molecule has 0 N–H and O–H groups in total. The molecule has 6 heteroatoms. The number of rotatable bonds is 5. The third-order valence-corrected chi connectivity index (χ3v) is 7.34. The van der Waals surface area contributed by atoms with E-state index in [1.165, 1.54) is 28.3 Å². The van der Waals surface area contributed by atoms with E-state index in [-0.39, 0.29) is 36.5 Å². The lowest BCUT2D eigenvalue weighted by Gasteiger charge is -2.44. The third-order valence-electron chi connectivity index (χ3n) is 7.34. The first kappa shape index (κ1) is 22.8. The molecule has 184 valence electrons. The number of ether oxygens (including phenoxy) is 3. The van der Waals surface area contributed by atoms with Crippen molar-refractivity contribution in [2.75, 3.05) is 26.4 Å². The Morgan fingerprint density at radius 1 is 1.00 bits per heavy atom. The molecule has 2 bridgehead atoms. The first-order valence-electron chi connectivity index (χ1n) is 12.5. The van der Waals surface area contributed by atoms with E-state index >= 15 is 0 Å². The zero-order valence-electron chi connectivity index (χ0n) is 20.2. The van der Waals surface area contributed by atoms with E-state index in [9.17, 15) is 9.18 Å². The van der Waals surface area contributed by atoms with Gasteiger partial charge in [-0.15, -0.1) is 0 Å². The van der Waals surface area contributed by atoms with E-state index in [4.69, 9.17) is 14.2 Å². The molecule has 0 aromatic heterocycles. The van der Waals surface area contributed by atoms with Crippen LogP contribution in [0.2, 0.25) is 0 Å². The van der Waals surface area contributed by atoms with Crippen LogP contribution in [-0.2, 0) is 9.47 Å².